The van der Waals surface area contributed by atoms with E-state index in [1.165, 1.54) is 13.2 Å². The first-order valence-electron chi connectivity index (χ1n) is 6.44. The van der Waals surface area contributed by atoms with E-state index in [4.69, 9.17) is 21.1 Å². The molecule has 0 aromatic heterocycles. The van der Waals surface area contributed by atoms with Gasteiger partial charge in [0.05, 0.1) is 18.2 Å². The molecule has 0 heterocycles. The van der Waals surface area contributed by atoms with E-state index in [-0.39, 0.29) is 12.4 Å². The van der Waals surface area contributed by atoms with Crippen molar-refractivity contribution in [2.24, 2.45) is 0 Å². The molecule has 1 N–H and O–H groups in total. The first-order valence-corrected chi connectivity index (χ1v) is 6.81. The maximum atomic E-state index is 13.6. The second-order valence-corrected chi connectivity index (χ2v) is 5.03. The predicted octanol–water partition coefficient (Wildman–Crippen LogP) is 4.12. The molecule has 0 unspecified atom stereocenters. The number of hydrogen-bond acceptors (Lipinski definition) is 3. The minimum absolute atomic E-state index is 0.189. The zero-order valence-corrected chi connectivity index (χ0v) is 12.5. The molecule has 0 saturated heterocycles. The predicted molar refractivity (Wildman–Crippen MR) is 79.4 cm³/mol. The third kappa shape index (κ3) is 3.86. The molecule has 0 fully saturated rings. The second kappa shape index (κ2) is 6.78. The number of aliphatic hydroxyl groups is 1. The summed E-state index contributed by atoms with van der Waals surface area (Å²) in [7, 11) is 1.41. The summed E-state index contributed by atoms with van der Waals surface area (Å²) in [6, 6.07) is 9.70. The van der Waals surface area contributed by atoms with Crippen LogP contribution in [0.4, 0.5) is 4.39 Å². The number of benzene rings is 2. The van der Waals surface area contributed by atoms with Crippen LogP contribution in [-0.2, 0) is 6.61 Å². The van der Waals surface area contributed by atoms with Crippen molar-refractivity contribution in [3.63, 3.8) is 0 Å². The van der Waals surface area contributed by atoms with Crippen LogP contribution in [0, 0.1) is 5.82 Å². The summed E-state index contributed by atoms with van der Waals surface area (Å²) in [6.45, 7) is 1.85. The molecule has 0 aliphatic heterocycles. The maximum Gasteiger partial charge on any atom is 0.165 e. The fourth-order valence-corrected chi connectivity index (χ4v) is 2.10. The normalized spacial score (nSPS) is 12.0. The number of ether oxygens (including phenoxy) is 2. The van der Waals surface area contributed by atoms with E-state index < -0.39 is 11.9 Å². The van der Waals surface area contributed by atoms with Crippen molar-refractivity contribution >= 4 is 11.6 Å². The molecule has 0 bridgehead atoms. The average molecular weight is 311 g/mol. The van der Waals surface area contributed by atoms with Gasteiger partial charge in [-0.1, -0.05) is 23.7 Å². The van der Waals surface area contributed by atoms with Gasteiger partial charge in [0.25, 0.3) is 0 Å². The summed E-state index contributed by atoms with van der Waals surface area (Å²) in [5.74, 6) is 0.240. The van der Waals surface area contributed by atoms with Crippen LogP contribution >= 0.6 is 11.6 Å². The van der Waals surface area contributed by atoms with Crippen LogP contribution in [0.3, 0.4) is 0 Å². The van der Waals surface area contributed by atoms with Gasteiger partial charge < -0.3 is 14.6 Å². The van der Waals surface area contributed by atoms with E-state index in [1.807, 2.05) is 0 Å². The SMILES string of the molecule is COc1ccc(COc2ccc([C@@H](C)O)cc2Cl)cc1F. The van der Waals surface area contributed by atoms with E-state index >= 15 is 0 Å². The highest BCUT2D eigenvalue weighted by Gasteiger charge is 2.08. The summed E-state index contributed by atoms with van der Waals surface area (Å²) >= 11 is 6.09. The van der Waals surface area contributed by atoms with Gasteiger partial charge in [0.1, 0.15) is 12.4 Å². The largest absolute Gasteiger partial charge is 0.494 e. The highest BCUT2D eigenvalue weighted by molar-refractivity contribution is 6.32. The van der Waals surface area contributed by atoms with Crippen molar-refractivity contribution in [2.45, 2.75) is 19.6 Å². The van der Waals surface area contributed by atoms with Gasteiger partial charge in [-0.2, -0.15) is 0 Å². The van der Waals surface area contributed by atoms with Gasteiger partial charge >= 0.3 is 0 Å². The highest BCUT2D eigenvalue weighted by Crippen LogP contribution is 2.29. The first kappa shape index (κ1) is 15.6. The highest BCUT2D eigenvalue weighted by atomic mass is 35.5. The Morgan fingerprint density at radius 1 is 1.19 bits per heavy atom. The maximum absolute atomic E-state index is 13.6. The quantitative estimate of drug-likeness (QED) is 0.903. The van der Waals surface area contributed by atoms with Gasteiger partial charge in [-0.25, -0.2) is 4.39 Å². The van der Waals surface area contributed by atoms with Crippen LogP contribution in [0.15, 0.2) is 36.4 Å². The minimum atomic E-state index is -0.591. The fraction of sp³-hybridized carbons (Fsp3) is 0.250. The van der Waals surface area contributed by atoms with Gasteiger partial charge in [0, 0.05) is 0 Å². The molecular formula is C16H16ClFO3. The third-order valence-electron chi connectivity index (χ3n) is 3.05. The Kier molecular flexibility index (Phi) is 5.04. The molecule has 0 spiro atoms. The van der Waals surface area contributed by atoms with Crippen molar-refractivity contribution in [1.29, 1.82) is 0 Å². The monoisotopic (exact) mass is 310 g/mol. The molecule has 21 heavy (non-hydrogen) atoms. The lowest BCUT2D eigenvalue weighted by Crippen LogP contribution is -1.99. The molecule has 0 radical (unpaired) electrons. The Morgan fingerprint density at radius 2 is 1.90 bits per heavy atom. The molecule has 0 aliphatic rings. The topological polar surface area (TPSA) is 38.7 Å². The lowest BCUT2D eigenvalue weighted by molar-refractivity contribution is 0.199. The van der Waals surface area contributed by atoms with E-state index in [0.29, 0.717) is 21.9 Å². The zero-order chi connectivity index (χ0) is 15.4. The average Bonchev–Trinajstić information content (AvgIpc) is 2.46. The second-order valence-electron chi connectivity index (χ2n) is 4.62. The Morgan fingerprint density at radius 3 is 2.48 bits per heavy atom. The summed E-state index contributed by atoms with van der Waals surface area (Å²) in [5.41, 5.74) is 1.38. The van der Waals surface area contributed by atoms with Crippen LogP contribution in [0.5, 0.6) is 11.5 Å². The van der Waals surface area contributed by atoms with Crippen molar-refractivity contribution in [3.8, 4) is 11.5 Å². The van der Waals surface area contributed by atoms with Gasteiger partial charge in [-0.3, -0.25) is 0 Å². The van der Waals surface area contributed by atoms with Gasteiger partial charge in [0.2, 0.25) is 0 Å². The van der Waals surface area contributed by atoms with E-state index in [0.717, 1.165) is 0 Å². The van der Waals surface area contributed by atoms with Crippen LogP contribution in [-0.4, -0.2) is 12.2 Å². The Bertz CT molecular complexity index is 629. The number of halogens is 2. The van der Waals surface area contributed by atoms with E-state index in [1.54, 1.807) is 37.3 Å². The summed E-state index contributed by atoms with van der Waals surface area (Å²) in [6.07, 6.45) is -0.591. The minimum Gasteiger partial charge on any atom is -0.494 e. The first-order chi connectivity index (χ1) is 10.0. The molecule has 3 nitrogen and oxygen atoms in total. The molecule has 0 aliphatic carbocycles. The third-order valence-corrected chi connectivity index (χ3v) is 3.34. The van der Waals surface area contributed by atoms with Crippen molar-refractivity contribution in [2.75, 3.05) is 7.11 Å². The fourth-order valence-electron chi connectivity index (χ4n) is 1.85. The molecule has 5 heteroatoms. The van der Waals surface area contributed by atoms with Crippen LogP contribution in [0.1, 0.15) is 24.2 Å². The molecule has 0 saturated carbocycles. The van der Waals surface area contributed by atoms with E-state index in [9.17, 15) is 9.50 Å². The van der Waals surface area contributed by atoms with Crippen molar-refractivity contribution < 1.29 is 19.0 Å². The van der Waals surface area contributed by atoms with Crippen LogP contribution in [0.25, 0.3) is 0 Å². The lowest BCUT2D eigenvalue weighted by Gasteiger charge is -2.11. The molecule has 2 rings (SSSR count). The smallest absolute Gasteiger partial charge is 0.165 e. The van der Waals surface area contributed by atoms with E-state index in [2.05, 4.69) is 0 Å². The summed E-state index contributed by atoms with van der Waals surface area (Å²) in [5, 5.41) is 9.88. The van der Waals surface area contributed by atoms with Gasteiger partial charge in [-0.05, 0) is 42.3 Å². The molecule has 1 atom stereocenters. The molecule has 2 aromatic rings. The van der Waals surface area contributed by atoms with Crippen molar-refractivity contribution in [3.05, 3.63) is 58.4 Å². The Balaban J connectivity index is 2.08. The standard InChI is InChI=1S/C16H16ClFO3/c1-10(19)12-4-6-15(13(17)8-12)21-9-11-3-5-16(20-2)14(18)7-11/h3-8,10,19H,9H2,1-2H3/t10-/m1/s1. The zero-order valence-electron chi connectivity index (χ0n) is 11.8. The number of rotatable bonds is 5. The number of aliphatic hydroxyl groups excluding tert-OH is 1. The van der Waals surface area contributed by atoms with Gasteiger partial charge in [0.15, 0.2) is 11.6 Å². The molecular weight excluding hydrogens is 295 g/mol. The summed E-state index contributed by atoms with van der Waals surface area (Å²) in [4.78, 5) is 0. The molecule has 2 aromatic carbocycles. The van der Waals surface area contributed by atoms with Crippen LogP contribution < -0.4 is 9.47 Å². The Hall–Kier alpha value is -1.78. The summed E-state index contributed by atoms with van der Waals surface area (Å²) < 4.78 is 24.0. The number of hydrogen-bond donors (Lipinski definition) is 1. The van der Waals surface area contributed by atoms with Crippen molar-refractivity contribution in [1.82, 2.24) is 0 Å². The molecule has 112 valence electrons. The Labute approximate surface area is 127 Å². The number of methoxy groups -OCH3 is 1. The van der Waals surface area contributed by atoms with Gasteiger partial charge in [-0.15, -0.1) is 0 Å². The lowest BCUT2D eigenvalue weighted by atomic mass is 10.1. The molecule has 0 amide bonds. The van der Waals surface area contributed by atoms with Crippen LogP contribution in [0.2, 0.25) is 5.02 Å².